The molecule has 0 aliphatic carbocycles. The number of benzene rings is 1. The third-order valence-corrected chi connectivity index (χ3v) is 2.69. The van der Waals surface area contributed by atoms with E-state index in [4.69, 9.17) is 16.3 Å². The summed E-state index contributed by atoms with van der Waals surface area (Å²) in [5.74, 6) is 1.17. The third kappa shape index (κ3) is 2.34. The smallest absolute Gasteiger partial charge is 0.213 e. The van der Waals surface area contributed by atoms with Gasteiger partial charge in [-0.05, 0) is 22.8 Å². The Morgan fingerprint density at radius 1 is 1.12 bits per heavy atom. The van der Waals surface area contributed by atoms with Crippen molar-refractivity contribution in [2.24, 2.45) is 0 Å². The lowest BCUT2D eigenvalue weighted by Crippen LogP contribution is -1.87. The van der Waals surface area contributed by atoms with Crippen LogP contribution < -0.4 is 4.74 Å². The zero-order valence-electron chi connectivity index (χ0n) is 8.98. The minimum atomic E-state index is 0.542. The fourth-order valence-corrected chi connectivity index (χ4v) is 1.67. The Kier molecular flexibility index (Phi) is 3.42. The summed E-state index contributed by atoms with van der Waals surface area (Å²) in [5.41, 5.74) is 3.34. The Labute approximate surface area is 99.9 Å². The predicted molar refractivity (Wildman–Crippen MR) is 65.8 cm³/mol. The predicted octanol–water partition coefficient (Wildman–Crippen LogP) is 3.50. The first-order valence-electron chi connectivity index (χ1n) is 4.99. The van der Waals surface area contributed by atoms with Crippen LogP contribution >= 0.6 is 11.6 Å². The molecule has 2 nitrogen and oxygen atoms in total. The molecule has 0 N–H and O–H groups in total. The number of hydrogen-bond donors (Lipinski definition) is 0. The molecule has 1 aromatic carbocycles. The molecule has 1 aromatic heterocycles. The minimum Gasteiger partial charge on any atom is -0.481 e. The van der Waals surface area contributed by atoms with E-state index in [2.05, 4.69) is 4.98 Å². The van der Waals surface area contributed by atoms with E-state index in [0.717, 1.165) is 16.7 Å². The lowest BCUT2D eigenvalue weighted by atomic mass is 10.1. The van der Waals surface area contributed by atoms with Gasteiger partial charge >= 0.3 is 0 Å². The van der Waals surface area contributed by atoms with E-state index < -0.39 is 0 Å². The standard InChI is InChI=1S/C13H12ClNO/c1-16-13-8-12(6-7-15-13)11-4-2-10(9-14)3-5-11/h2-8H,9H2,1H3. The highest BCUT2D eigenvalue weighted by atomic mass is 35.5. The minimum absolute atomic E-state index is 0.542. The summed E-state index contributed by atoms with van der Waals surface area (Å²) >= 11 is 5.74. The van der Waals surface area contributed by atoms with Gasteiger partial charge in [-0.2, -0.15) is 0 Å². The summed E-state index contributed by atoms with van der Waals surface area (Å²) < 4.78 is 5.09. The highest BCUT2D eigenvalue weighted by Crippen LogP contribution is 2.22. The summed E-state index contributed by atoms with van der Waals surface area (Å²) in [7, 11) is 1.61. The highest BCUT2D eigenvalue weighted by Gasteiger charge is 2.00. The topological polar surface area (TPSA) is 22.1 Å². The van der Waals surface area contributed by atoms with Crippen LogP contribution in [0.1, 0.15) is 5.56 Å². The van der Waals surface area contributed by atoms with Crippen molar-refractivity contribution < 1.29 is 4.74 Å². The summed E-state index contributed by atoms with van der Waals surface area (Å²) in [4.78, 5) is 4.07. The van der Waals surface area contributed by atoms with Crippen molar-refractivity contribution in [1.29, 1.82) is 0 Å². The van der Waals surface area contributed by atoms with E-state index in [-0.39, 0.29) is 0 Å². The average molecular weight is 234 g/mol. The van der Waals surface area contributed by atoms with Crippen LogP contribution in [0.5, 0.6) is 5.88 Å². The second-order valence-electron chi connectivity index (χ2n) is 3.42. The van der Waals surface area contributed by atoms with Gasteiger partial charge in [0.1, 0.15) is 0 Å². The molecule has 2 rings (SSSR count). The van der Waals surface area contributed by atoms with Crippen molar-refractivity contribution in [1.82, 2.24) is 4.98 Å². The number of pyridine rings is 1. The maximum absolute atomic E-state index is 5.74. The first kappa shape index (κ1) is 11.0. The molecule has 16 heavy (non-hydrogen) atoms. The van der Waals surface area contributed by atoms with E-state index in [1.165, 1.54) is 0 Å². The van der Waals surface area contributed by atoms with Gasteiger partial charge < -0.3 is 4.74 Å². The number of aromatic nitrogens is 1. The van der Waals surface area contributed by atoms with E-state index in [0.29, 0.717) is 11.8 Å². The normalized spacial score (nSPS) is 10.1. The Hall–Kier alpha value is -1.54. The van der Waals surface area contributed by atoms with Crippen LogP contribution in [-0.4, -0.2) is 12.1 Å². The van der Waals surface area contributed by atoms with Gasteiger partial charge in [0.25, 0.3) is 0 Å². The summed E-state index contributed by atoms with van der Waals surface area (Å²) in [6, 6.07) is 12.0. The summed E-state index contributed by atoms with van der Waals surface area (Å²) in [5, 5.41) is 0. The monoisotopic (exact) mass is 233 g/mol. The Balaban J connectivity index is 2.34. The van der Waals surface area contributed by atoms with Crippen LogP contribution in [0.2, 0.25) is 0 Å². The number of alkyl halides is 1. The zero-order valence-corrected chi connectivity index (χ0v) is 9.74. The van der Waals surface area contributed by atoms with Crippen LogP contribution in [0.3, 0.4) is 0 Å². The molecule has 3 heteroatoms. The molecule has 82 valence electrons. The van der Waals surface area contributed by atoms with Gasteiger partial charge in [0.15, 0.2) is 0 Å². The van der Waals surface area contributed by atoms with Gasteiger partial charge in [0.2, 0.25) is 5.88 Å². The van der Waals surface area contributed by atoms with Crippen LogP contribution in [0.25, 0.3) is 11.1 Å². The van der Waals surface area contributed by atoms with Crippen molar-refractivity contribution in [2.75, 3.05) is 7.11 Å². The van der Waals surface area contributed by atoms with E-state index in [9.17, 15) is 0 Å². The van der Waals surface area contributed by atoms with E-state index in [1.54, 1.807) is 13.3 Å². The first-order chi connectivity index (χ1) is 7.83. The molecule has 1 heterocycles. The summed E-state index contributed by atoms with van der Waals surface area (Å²) in [6.07, 6.45) is 1.74. The Morgan fingerprint density at radius 3 is 2.50 bits per heavy atom. The quantitative estimate of drug-likeness (QED) is 0.757. The molecule has 0 saturated heterocycles. The van der Waals surface area contributed by atoms with Gasteiger partial charge in [0, 0.05) is 18.1 Å². The fourth-order valence-electron chi connectivity index (χ4n) is 1.49. The van der Waals surface area contributed by atoms with Crippen molar-refractivity contribution in [3.05, 3.63) is 48.2 Å². The number of ether oxygens (including phenoxy) is 1. The van der Waals surface area contributed by atoms with Gasteiger partial charge in [-0.25, -0.2) is 4.98 Å². The maximum Gasteiger partial charge on any atom is 0.213 e. The molecule has 0 unspecified atom stereocenters. The molecular formula is C13H12ClNO. The second kappa shape index (κ2) is 4.99. The number of rotatable bonds is 3. The van der Waals surface area contributed by atoms with Crippen molar-refractivity contribution in [3.8, 4) is 17.0 Å². The van der Waals surface area contributed by atoms with Gasteiger partial charge in [-0.1, -0.05) is 24.3 Å². The van der Waals surface area contributed by atoms with Crippen LogP contribution in [0.15, 0.2) is 42.6 Å². The lowest BCUT2D eigenvalue weighted by Gasteiger charge is -2.04. The number of nitrogens with zero attached hydrogens (tertiary/aromatic N) is 1. The fraction of sp³-hybridized carbons (Fsp3) is 0.154. The van der Waals surface area contributed by atoms with Gasteiger partial charge in [-0.3, -0.25) is 0 Å². The Morgan fingerprint density at radius 2 is 1.88 bits per heavy atom. The number of halogens is 1. The zero-order chi connectivity index (χ0) is 11.4. The average Bonchev–Trinajstić information content (AvgIpc) is 2.39. The van der Waals surface area contributed by atoms with Crippen LogP contribution in [-0.2, 0) is 5.88 Å². The van der Waals surface area contributed by atoms with Crippen LogP contribution in [0.4, 0.5) is 0 Å². The first-order valence-corrected chi connectivity index (χ1v) is 5.52. The molecule has 0 amide bonds. The number of methoxy groups -OCH3 is 1. The van der Waals surface area contributed by atoms with Crippen molar-refractivity contribution in [3.63, 3.8) is 0 Å². The molecule has 0 spiro atoms. The van der Waals surface area contributed by atoms with Crippen LogP contribution in [0, 0.1) is 0 Å². The summed E-state index contributed by atoms with van der Waals surface area (Å²) in [6.45, 7) is 0. The van der Waals surface area contributed by atoms with Crippen molar-refractivity contribution >= 4 is 11.6 Å². The number of hydrogen-bond acceptors (Lipinski definition) is 2. The molecule has 2 aromatic rings. The SMILES string of the molecule is COc1cc(-c2ccc(CCl)cc2)ccn1. The molecule has 0 atom stereocenters. The van der Waals surface area contributed by atoms with E-state index >= 15 is 0 Å². The molecule has 0 aliphatic rings. The van der Waals surface area contributed by atoms with E-state index in [1.807, 2.05) is 36.4 Å². The second-order valence-corrected chi connectivity index (χ2v) is 3.68. The largest absolute Gasteiger partial charge is 0.481 e. The lowest BCUT2D eigenvalue weighted by molar-refractivity contribution is 0.398. The Bertz CT molecular complexity index is 468. The molecule has 0 bridgehead atoms. The highest BCUT2D eigenvalue weighted by molar-refractivity contribution is 6.17. The molecule has 0 fully saturated rings. The maximum atomic E-state index is 5.74. The van der Waals surface area contributed by atoms with Gasteiger partial charge in [0.05, 0.1) is 7.11 Å². The molecule has 0 aliphatic heterocycles. The third-order valence-electron chi connectivity index (χ3n) is 2.39. The van der Waals surface area contributed by atoms with Crippen molar-refractivity contribution in [2.45, 2.75) is 5.88 Å². The molecule has 0 radical (unpaired) electrons. The molecular weight excluding hydrogens is 222 g/mol. The molecule has 0 saturated carbocycles. The van der Waals surface area contributed by atoms with Gasteiger partial charge in [-0.15, -0.1) is 11.6 Å².